The van der Waals surface area contributed by atoms with Crippen LogP contribution in [0, 0.1) is 6.92 Å². The summed E-state index contributed by atoms with van der Waals surface area (Å²) in [6, 6.07) is 6.93. The maximum atomic E-state index is 12.8. The molecule has 0 spiro atoms. The highest BCUT2D eigenvalue weighted by Crippen LogP contribution is 2.35. The van der Waals surface area contributed by atoms with Crippen LogP contribution in [0.5, 0.6) is 17.2 Å². The van der Waals surface area contributed by atoms with Gasteiger partial charge in [-0.05, 0) is 25.0 Å². The summed E-state index contributed by atoms with van der Waals surface area (Å²) in [6.07, 6.45) is 2.45. The largest absolute Gasteiger partial charge is 0.496 e. The second-order valence-corrected chi connectivity index (χ2v) is 5.55. The van der Waals surface area contributed by atoms with E-state index >= 15 is 0 Å². The lowest BCUT2D eigenvalue weighted by molar-refractivity contribution is 0.0931. The van der Waals surface area contributed by atoms with Gasteiger partial charge in [-0.15, -0.1) is 0 Å². The van der Waals surface area contributed by atoms with E-state index in [4.69, 9.17) is 14.2 Å². The third-order valence-corrected chi connectivity index (χ3v) is 4.04. The summed E-state index contributed by atoms with van der Waals surface area (Å²) in [7, 11) is 4.57. The van der Waals surface area contributed by atoms with Gasteiger partial charge in [0.15, 0.2) is 11.5 Å². The molecule has 2 aromatic rings. The second kappa shape index (κ2) is 8.37. The van der Waals surface area contributed by atoms with Crippen molar-refractivity contribution in [3.63, 3.8) is 0 Å². The minimum Gasteiger partial charge on any atom is -0.496 e. The van der Waals surface area contributed by atoms with Crippen molar-refractivity contribution in [3.05, 3.63) is 47.3 Å². The number of benzene rings is 1. The van der Waals surface area contributed by atoms with Crippen molar-refractivity contribution in [1.29, 1.82) is 0 Å². The molecule has 0 fully saturated rings. The fourth-order valence-corrected chi connectivity index (χ4v) is 2.67. The lowest BCUT2D eigenvalue weighted by atomic mass is 10.0. The first kappa shape index (κ1) is 18.6. The third kappa shape index (κ3) is 4.02. The van der Waals surface area contributed by atoms with E-state index in [0.717, 1.165) is 17.7 Å². The van der Waals surface area contributed by atoms with Gasteiger partial charge in [0.2, 0.25) is 0 Å². The molecule has 25 heavy (non-hydrogen) atoms. The molecule has 0 bridgehead atoms. The molecule has 6 nitrogen and oxygen atoms in total. The van der Waals surface area contributed by atoms with Crippen LogP contribution in [-0.4, -0.2) is 32.2 Å². The number of hydrogen-bond donors (Lipinski definition) is 1. The topological polar surface area (TPSA) is 69.7 Å². The Kier molecular flexibility index (Phi) is 6.22. The quantitative estimate of drug-likeness (QED) is 0.834. The molecule has 0 unspecified atom stereocenters. The van der Waals surface area contributed by atoms with Crippen molar-refractivity contribution in [2.24, 2.45) is 0 Å². The maximum Gasteiger partial charge on any atom is 0.255 e. The molecule has 1 aromatic heterocycles. The second-order valence-electron chi connectivity index (χ2n) is 5.55. The van der Waals surface area contributed by atoms with Crippen LogP contribution in [0.25, 0.3) is 0 Å². The molecule has 0 aliphatic rings. The van der Waals surface area contributed by atoms with Crippen LogP contribution in [0.1, 0.15) is 41.0 Å². The monoisotopic (exact) mass is 344 g/mol. The number of pyridine rings is 1. The Morgan fingerprint density at radius 2 is 1.76 bits per heavy atom. The van der Waals surface area contributed by atoms with Gasteiger partial charge in [0.25, 0.3) is 5.91 Å². The maximum absolute atomic E-state index is 12.8. The van der Waals surface area contributed by atoms with Crippen molar-refractivity contribution in [1.82, 2.24) is 10.3 Å². The highest BCUT2D eigenvalue weighted by molar-refractivity contribution is 5.98. The molecule has 0 aliphatic heterocycles. The number of hydrogen-bond acceptors (Lipinski definition) is 5. The van der Waals surface area contributed by atoms with Gasteiger partial charge in [-0.3, -0.25) is 9.78 Å². The number of aromatic nitrogens is 1. The predicted molar refractivity (Wildman–Crippen MR) is 95.6 cm³/mol. The zero-order valence-corrected chi connectivity index (χ0v) is 15.3. The first-order chi connectivity index (χ1) is 12.0. The average molecular weight is 344 g/mol. The minimum absolute atomic E-state index is 0.188. The van der Waals surface area contributed by atoms with E-state index in [1.165, 1.54) is 21.3 Å². The first-order valence-corrected chi connectivity index (χ1v) is 8.08. The van der Waals surface area contributed by atoms with Crippen molar-refractivity contribution in [2.75, 3.05) is 21.3 Å². The summed E-state index contributed by atoms with van der Waals surface area (Å²) in [5, 5.41) is 3.03. The normalized spacial score (nSPS) is 11.6. The van der Waals surface area contributed by atoms with E-state index < -0.39 is 0 Å². The van der Waals surface area contributed by atoms with E-state index in [1.807, 2.05) is 26.0 Å². The molecule has 1 atom stereocenters. The van der Waals surface area contributed by atoms with Gasteiger partial charge in [-0.2, -0.15) is 0 Å². The summed E-state index contributed by atoms with van der Waals surface area (Å²) >= 11 is 0. The Balaban J connectivity index is 2.35. The number of aryl methyl sites for hydroxylation is 1. The predicted octanol–water partition coefficient (Wildman–Crippen LogP) is 3.30. The van der Waals surface area contributed by atoms with Gasteiger partial charge in [0, 0.05) is 18.3 Å². The molecule has 0 radical (unpaired) electrons. The average Bonchev–Trinajstić information content (AvgIpc) is 2.65. The molecule has 1 amide bonds. The Labute approximate surface area is 148 Å². The van der Waals surface area contributed by atoms with E-state index in [2.05, 4.69) is 10.3 Å². The molecule has 1 heterocycles. The van der Waals surface area contributed by atoms with E-state index in [0.29, 0.717) is 22.8 Å². The fourth-order valence-electron chi connectivity index (χ4n) is 2.67. The number of carbonyl (C=O) groups excluding carboxylic acids is 1. The van der Waals surface area contributed by atoms with Crippen LogP contribution in [0.3, 0.4) is 0 Å². The highest BCUT2D eigenvalue weighted by Gasteiger charge is 2.21. The minimum atomic E-state index is -0.255. The lowest BCUT2D eigenvalue weighted by Crippen LogP contribution is -2.29. The molecule has 1 aromatic carbocycles. The zero-order valence-electron chi connectivity index (χ0n) is 15.3. The summed E-state index contributed by atoms with van der Waals surface area (Å²) in [5.41, 5.74) is 2.28. The number of ether oxygens (including phenoxy) is 3. The Morgan fingerprint density at radius 3 is 2.32 bits per heavy atom. The standard InChI is InChI=1S/C19H24N2O4/c1-6-14(18-12(2)8-7-9-20-18)21-19(22)13-10-16(24-4)17(25-5)11-15(13)23-3/h7-11,14H,6H2,1-5H3,(H,21,22)/t14-/m0/s1. The molecular weight excluding hydrogens is 320 g/mol. The number of rotatable bonds is 7. The van der Waals surface area contributed by atoms with Crippen molar-refractivity contribution in [2.45, 2.75) is 26.3 Å². The lowest BCUT2D eigenvalue weighted by Gasteiger charge is -2.20. The SMILES string of the molecule is CC[C@H](NC(=O)c1cc(OC)c(OC)cc1OC)c1ncccc1C. The highest BCUT2D eigenvalue weighted by atomic mass is 16.5. The Morgan fingerprint density at radius 1 is 1.12 bits per heavy atom. The summed E-state index contributed by atoms with van der Waals surface area (Å²) in [6.45, 7) is 3.99. The van der Waals surface area contributed by atoms with Crippen LogP contribution in [0.2, 0.25) is 0 Å². The van der Waals surface area contributed by atoms with E-state index in [1.54, 1.807) is 18.3 Å². The number of amides is 1. The fraction of sp³-hybridized carbons (Fsp3) is 0.368. The van der Waals surface area contributed by atoms with Crippen molar-refractivity contribution < 1.29 is 19.0 Å². The molecule has 1 N–H and O–H groups in total. The summed E-state index contributed by atoms with van der Waals surface area (Å²) < 4.78 is 15.9. The van der Waals surface area contributed by atoms with Gasteiger partial charge < -0.3 is 19.5 Å². The molecular formula is C19H24N2O4. The van der Waals surface area contributed by atoms with Gasteiger partial charge in [0.05, 0.1) is 38.6 Å². The van der Waals surface area contributed by atoms with Crippen LogP contribution in [0.4, 0.5) is 0 Å². The van der Waals surface area contributed by atoms with Crippen LogP contribution in [-0.2, 0) is 0 Å². The molecule has 6 heteroatoms. The summed E-state index contributed by atoms with van der Waals surface area (Å²) in [5.74, 6) is 1.14. The van der Waals surface area contributed by atoms with Gasteiger partial charge >= 0.3 is 0 Å². The Bertz CT molecular complexity index is 746. The van der Waals surface area contributed by atoms with Crippen LogP contribution >= 0.6 is 0 Å². The number of nitrogens with one attached hydrogen (secondary N) is 1. The number of nitrogens with zero attached hydrogens (tertiary/aromatic N) is 1. The van der Waals surface area contributed by atoms with Crippen molar-refractivity contribution in [3.8, 4) is 17.2 Å². The van der Waals surface area contributed by atoms with E-state index in [-0.39, 0.29) is 11.9 Å². The number of methoxy groups -OCH3 is 3. The van der Waals surface area contributed by atoms with Gasteiger partial charge in [0.1, 0.15) is 5.75 Å². The molecule has 2 rings (SSSR count). The molecule has 0 saturated carbocycles. The molecule has 134 valence electrons. The zero-order chi connectivity index (χ0) is 18.4. The van der Waals surface area contributed by atoms with Crippen LogP contribution < -0.4 is 19.5 Å². The first-order valence-electron chi connectivity index (χ1n) is 8.08. The van der Waals surface area contributed by atoms with Gasteiger partial charge in [-0.25, -0.2) is 0 Å². The van der Waals surface area contributed by atoms with E-state index in [9.17, 15) is 4.79 Å². The van der Waals surface area contributed by atoms with Gasteiger partial charge in [-0.1, -0.05) is 13.0 Å². The third-order valence-electron chi connectivity index (χ3n) is 4.04. The smallest absolute Gasteiger partial charge is 0.255 e. The number of carbonyl (C=O) groups is 1. The summed E-state index contributed by atoms with van der Waals surface area (Å²) in [4.78, 5) is 17.2. The molecule has 0 aliphatic carbocycles. The molecule has 0 saturated heterocycles. The Hall–Kier alpha value is -2.76. The van der Waals surface area contributed by atoms with Crippen LogP contribution in [0.15, 0.2) is 30.5 Å². The van der Waals surface area contributed by atoms with Crippen molar-refractivity contribution >= 4 is 5.91 Å².